The lowest BCUT2D eigenvalue weighted by Gasteiger charge is -2.29. The van der Waals surface area contributed by atoms with Gasteiger partial charge < -0.3 is 9.67 Å². The van der Waals surface area contributed by atoms with Crippen LogP contribution in [-0.4, -0.2) is 14.7 Å². The summed E-state index contributed by atoms with van der Waals surface area (Å²) < 4.78 is 1.95. The molecule has 112 valence electrons. The van der Waals surface area contributed by atoms with Gasteiger partial charge in [-0.1, -0.05) is 60.2 Å². The number of benzene rings is 2. The quantitative estimate of drug-likeness (QED) is 0.802. The monoisotopic (exact) mass is 292 g/mol. The van der Waals surface area contributed by atoms with Gasteiger partial charge >= 0.3 is 0 Å². The predicted octanol–water partition coefficient (Wildman–Crippen LogP) is 3.21. The molecule has 0 aliphatic heterocycles. The van der Waals surface area contributed by atoms with Crippen LogP contribution in [0.15, 0.2) is 67.0 Å². The second-order valence-corrected chi connectivity index (χ2v) is 5.72. The molecule has 0 aliphatic carbocycles. The van der Waals surface area contributed by atoms with E-state index in [9.17, 15) is 5.11 Å². The molecule has 3 heteroatoms. The van der Waals surface area contributed by atoms with Crippen LogP contribution >= 0.6 is 0 Å². The highest BCUT2D eigenvalue weighted by atomic mass is 16.3. The van der Waals surface area contributed by atoms with Gasteiger partial charge in [0.15, 0.2) is 0 Å². The fourth-order valence-electron chi connectivity index (χ4n) is 2.71. The number of aryl methyl sites for hydroxylation is 2. The van der Waals surface area contributed by atoms with Crippen LogP contribution in [0.3, 0.4) is 0 Å². The van der Waals surface area contributed by atoms with Gasteiger partial charge in [-0.05, 0) is 18.1 Å². The molecule has 0 saturated carbocycles. The molecule has 2 aromatic carbocycles. The highest BCUT2D eigenvalue weighted by Gasteiger charge is 2.33. The van der Waals surface area contributed by atoms with E-state index in [4.69, 9.17) is 0 Å². The first-order chi connectivity index (χ1) is 10.6. The van der Waals surface area contributed by atoms with Crippen molar-refractivity contribution in [1.82, 2.24) is 9.55 Å². The molecule has 1 heterocycles. The normalized spacial score (nSPS) is 13.8. The molecule has 1 aromatic heterocycles. The molecule has 1 unspecified atom stereocenters. The number of hydrogen-bond donors (Lipinski definition) is 1. The maximum Gasteiger partial charge on any atom is 0.122 e. The fourth-order valence-corrected chi connectivity index (χ4v) is 2.71. The lowest BCUT2D eigenvalue weighted by Crippen LogP contribution is -2.31. The van der Waals surface area contributed by atoms with Crippen molar-refractivity contribution in [2.24, 2.45) is 7.05 Å². The van der Waals surface area contributed by atoms with E-state index in [0.717, 1.165) is 17.0 Å². The van der Waals surface area contributed by atoms with Gasteiger partial charge in [0.2, 0.25) is 0 Å². The van der Waals surface area contributed by atoms with Gasteiger partial charge in [-0.2, -0.15) is 0 Å². The second-order valence-electron chi connectivity index (χ2n) is 5.72. The van der Waals surface area contributed by atoms with Crippen molar-refractivity contribution < 1.29 is 5.11 Å². The summed E-state index contributed by atoms with van der Waals surface area (Å²) in [6.45, 7) is 2.05. The van der Waals surface area contributed by atoms with Crippen LogP contribution < -0.4 is 0 Å². The second kappa shape index (κ2) is 5.78. The third kappa shape index (κ3) is 2.68. The maximum absolute atomic E-state index is 11.5. The Labute approximate surface area is 130 Å². The average Bonchev–Trinajstić information content (AvgIpc) is 2.93. The van der Waals surface area contributed by atoms with Gasteiger partial charge in [0.25, 0.3) is 0 Å². The Morgan fingerprint density at radius 3 is 2.23 bits per heavy atom. The van der Waals surface area contributed by atoms with Gasteiger partial charge in [-0.15, -0.1) is 0 Å². The van der Waals surface area contributed by atoms with Crippen molar-refractivity contribution in [3.8, 4) is 0 Å². The Bertz CT molecular complexity index is 747. The van der Waals surface area contributed by atoms with E-state index in [1.165, 1.54) is 5.56 Å². The van der Waals surface area contributed by atoms with Gasteiger partial charge in [0, 0.05) is 25.9 Å². The molecule has 0 fully saturated rings. The van der Waals surface area contributed by atoms with Crippen LogP contribution in [0.2, 0.25) is 0 Å². The first-order valence-electron chi connectivity index (χ1n) is 7.41. The minimum atomic E-state index is -1.09. The molecule has 1 atom stereocenters. The summed E-state index contributed by atoms with van der Waals surface area (Å²) in [6.07, 6.45) is 4.09. The van der Waals surface area contributed by atoms with Crippen LogP contribution in [0.5, 0.6) is 0 Å². The number of aliphatic hydroxyl groups is 1. The summed E-state index contributed by atoms with van der Waals surface area (Å²) in [5.41, 5.74) is 1.85. The molecule has 22 heavy (non-hydrogen) atoms. The highest BCUT2D eigenvalue weighted by molar-refractivity contribution is 5.38. The summed E-state index contributed by atoms with van der Waals surface area (Å²) in [4.78, 5) is 4.37. The Morgan fingerprint density at radius 2 is 1.64 bits per heavy atom. The Hall–Kier alpha value is -2.39. The Kier molecular flexibility index (Phi) is 3.82. The minimum absolute atomic E-state index is 0.434. The number of imidazole rings is 1. The van der Waals surface area contributed by atoms with E-state index in [1.54, 1.807) is 6.20 Å². The SMILES string of the molecule is Cc1ccc(C(O)(Cc2nccn2C)c2ccccc2)cc1. The molecule has 0 bridgehead atoms. The molecule has 0 radical (unpaired) electrons. The number of rotatable bonds is 4. The smallest absolute Gasteiger partial charge is 0.122 e. The summed E-state index contributed by atoms with van der Waals surface area (Å²) >= 11 is 0. The van der Waals surface area contributed by atoms with Crippen molar-refractivity contribution in [3.05, 3.63) is 89.5 Å². The average molecular weight is 292 g/mol. The Balaban J connectivity index is 2.09. The van der Waals surface area contributed by atoms with Gasteiger partial charge in [0.1, 0.15) is 11.4 Å². The van der Waals surface area contributed by atoms with Crippen molar-refractivity contribution in [2.75, 3.05) is 0 Å². The van der Waals surface area contributed by atoms with Crippen LogP contribution in [0.1, 0.15) is 22.5 Å². The molecule has 3 aromatic rings. The number of hydrogen-bond acceptors (Lipinski definition) is 2. The van der Waals surface area contributed by atoms with E-state index >= 15 is 0 Å². The summed E-state index contributed by atoms with van der Waals surface area (Å²) in [5, 5.41) is 11.5. The summed E-state index contributed by atoms with van der Waals surface area (Å²) in [6, 6.07) is 17.8. The summed E-state index contributed by atoms with van der Waals surface area (Å²) in [5.74, 6) is 0.854. The van der Waals surface area contributed by atoms with Crippen molar-refractivity contribution >= 4 is 0 Å². The summed E-state index contributed by atoms with van der Waals surface area (Å²) in [7, 11) is 1.95. The molecule has 3 rings (SSSR count). The zero-order valence-electron chi connectivity index (χ0n) is 12.9. The van der Waals surface area contributed by atoms with E-state index in [1.807, 2.05) is 79.3 Å². The molecular formula is C19H20N2O. The molecular weight excluding hydrogens is 272 g/mol. The van der Waals surface area contributed by atoms with Crippen molar-refractivity contribution in [1.29, 1.82) is 0 Å². The van der Waals surface area contributed by atoms with E-state index in [0.29, 0.717) is 6.42 Å². The topological polar surface area (TPSA) is 38.1 Å². The lowest BCUT2D eigenvalue weighted by atomic mass is 9.83. The third-order valence-electron chi connectivity index (χ3n) is 4.12. The molecule has 3 nitrogen and oxygen atoms in total. The van der Waals surface area contributed by atoms with Crippen LogP contribution in [0, 0.1) is 6.92 Å². The van der Waals surface area contributed by atoms with E-state index in [2.05, 4.69) is 4.98 Å². The molecule has 1 N–H and O–H groups in total. The van der Waals surface area contributed by atoms with Crippen molar-refractivity contribution in [2.45, 2.75) is 18.9 Å². The van der Waals surface area contributed by atoms with E-state index < -0.39 is 5.60 Å². The third-order valence-corrected chi connectivity index (χ3v) is 4.12. The molecule has 0 spiro atoms. The fraction of sp³-hybridized carbons (Fsp3) is 0.211. The van der Waals surface area contributed by atoms with Gasteiger partial charge in [-0.25, -0.2) is 4.98 Å². The minimum Gasteiger partial charge on any atom is -0.380 e. The number of aromatic nitrogens is 2. The molecule has 0 amide bonds. The predicted molar refractivity (Wildman–Crippen MR) is 87.5 cm³/mol. The molecule has 0 aliphatic rings. The lowest BCUT2D eigenvalue weighted by molar-refractivity contribution is 0.0781. The zero-order valence-corrected chi connectivity index (χ0v) is 12.9. The largest absolute Gasteiger partial charge is 0.380 e. The van der Waals surface area contributed by atoms with Gasteiger partial charge in [0.05, 0.1) is 0 Å². The van der Waals surface area contributed by atoms with E-state index in [-0.39, 0.29) is 0 Å². The maximum atomic E-state index is 11.5. The first-order valence-corrected chi connectivity index (χ1v) is 7.41. The highest BCUT2D eigenvalue weighted by Crippen LogP contribution is 2.33. The zero-order chi connectivity index (χ0) is 15.6. The van der Waals surface area contributed by atoms with Crippen LogP contribution in [-0.2, 0) is 19.1 Å². The molecule has 0 saturated heterocycles. The standard InChI is InChI=1S/C19H20N2O/c1-15-8-10-17(11-9-15)19(22,16-6-4-3-5-7-16)14-18-20-12-13-21(18)2/h3-13,22H,14H2,1-2H3. The number of nitrogens with zero attached hydrogens (tertiary/aromatic N) is 2. The van der Waals surface area contributed by atoms with Crippen LogP contribution in [0.4, 0.5) is 0 Å². The van der Waals surface area contributed by atoms with Crippen molar-refractivity contribution in [3.63, 3.8) is 0 Å². The first kappa shape index (κ1) is 14.5. The van der Waals surface area contributed by atoms with Gasteiger partial charge in [-0.3, -0.25) is 0 Å². The Morgan fingerprint density at radius 1 is 1.00 bits per heavy atom. The van der Waals surface area contributed by atoms with Crippen LogP contribution in [0.25, 0.3) is 0 Å².